The lowest BCUT2D eigenvalue weighted by Gasteiger charge is -2.22. The molecule has 0 aliphatic carbocycles. The number of nitrogens with zero attached hydrogens (tertiary/aromatic N) is 1. The van der Waals surface area contributed by atoms with Crippen molar-refractivity contribution < 1.29 is 5.11 Å². The first kappa shape index (κ1) is 14.7. The Morgan fingerprint density at radius 1 is 1.15 bits per heavy atom. The van der Waals surface area contributed by atoms with Crippen molar-refractivity contribution in [2.75, 3.05) is 18.5 Å². The molecule has 0 saturated heterocycles. The summed E-state index contributed by atoms with van der Waals surface area (Å²) in [5, 5.41) is 10.00. The quantitative estimate of drug-likeness (QED) is 0.885. The molecule has 0 saturated carbocycles. The molecule has 2 rings (SSSR count). The zero-order valence-corrected chi connectivity index (χ0v) is 12.2. The van der Waals surface area contributed by atoms with Gasteiger partial charge in [-0.2, -0.15) is 0 Å². The molecular formula is C16H19ClN2O. The molecule has 0 amide bonds. The fourth-order valence-corrected chi connectivity index (χ4v) is 2.38. The minimum absolute atomic E-state index is 0.0803. The number of benzene rings is 2. The van der Waals surface area contributed by atoms with Crippen LogP contribution in [-0.2, 0) is 0 Å². The summed E-state index contributed by atoms with van der Waals surface area (Å²) in [5.74, 6) is 0.273. The predicted octanol–water partition coefficient (Wildman–Crippen LogP) is 3.57. The van der Waals surface area contributed by atoms with Crippen molar-refractivity contribution in [3.8, 4) is 5.75 Å². The van der Waals surface area contributed by atoms with Gasteiger partial charge in [-0.25, -0.2) is 0 Å². The van der Waals surface area contributed by atoms with Gasteiger partial charge in [0.2, 0.25) is 0 Å². The largest absolute Gasteiger partial charge is 0.508 e. The summed E-state index contributed by atoms with van der Waals surface area (Å²) in [5.41, 5.74) is 8.23. The van der Waals surface area contributed by atoms with E-state index in [0.29, 0.717) is 5.02 Å². The van der Waals surface area contributed by atoms with E-state index in [1.807, 2.05) is 43.4 Å². The molecule has 0 spiro atoms. The first-order valence-electron chi connectivity index (χ1n) is 6.58. The smallest absolute Gasteiger partial charge is 0.115 e. The maximum atomic E-state index is 9.28. The summed E-state index contributed by atoms with van der Waals surface area (Å²) >= 11 is 6.15. The molecule has 4 heteroatoms. The number of phenols is 1. The van der Waals surface area contributed by atoms with E-state index in [1.54, 1.807) is 12.1 Å². The van der Waals surface area contributed by atoms with E-state index >= 15 is 0 Å². The van der Waals surface area contributed by atoms with Crippen LogP contribution in [0, 0.1) is 0 Å². The van der Waals surface area contributed by atoms with Crippen molar-refractivity contribution in [2.24, 2.45) is 5.73 Å². The Kier molecular flexibility index (Phi) is 4.88. The third kappa shape index (κ3) is 3.65. The lowest BCUT2D eigenvalue weighted by Crippen LogP contribution is -2.23. The number of hydrogen-bond donors (Lipinski definition) is 2. The van der Waals surface area contributed by atoms with Crippen molar-refractivity contribution >= 4 is 17.3 Å². The normalized spacial score (nSPS) is 12.2. The molecule has 0 bridgehead atoms. The highest BCUT2D eigenvalue weighted by Crippen LogP contribution is 2.24. The van der Waals surface area contributed by atoms with Crippen LogP contribution in [0.1, 0.15) is 18.0 Å². The third-order valence-corrected chi connectivity index (χ3v) is 3.71. The number of aromatic hydroxyl groups is 1. The molecule has 0 radical (unpaired) electrons. The Labute approximate surface area is 124 Å². The molecule has 20 heavy (non-hydrogen) atoms. The van der Waals surface area contributed by atoms with Crippen LogP contribution >= 0.6 is 11.6 Å². The van der Waals surface area contributed by atoms with Gasteiger partial charge in [-0.05, 0) is 42.3 Å². The standard InChI is InChI=1S/C16H19ClN2O/c1-19(12-6-8-13(20)9-7-12)11-10-16(18)14-4-2-3-5-15(14)17/h2-9,16,20H,10-11,18H2,1H3. The number of nitrogens with two attached hydrogens (primary N) is 1. The molecule has 0 aromatic heterocycles. The third-order valence-electron chi connectivity index (χ3n) is 3.37. The molecule has 1 atom stereocenters. The summed E-state index contributed by atoms with van der Waals surface area (Å²) < 4.78 is 0. The molecule has 3 nitrogen and oxygen atoms in total. The molecule has 3 N–H and O–H groups in total. The number of hydrogen-bond acceptors (Lipinski definition) is 3. The van der Waals surface area contributed by atoms with Gasteiger partial charge < -0.3 is 15.7 Å². The maximum absolute atomic E-state index is 9.28. The van der Waals surface area contributed by atoms with Gasteiger partial charge in [-0.1, -0.05) is 29.8 Å². The Morgan fingerprint density at radius 2 is 1.80 bits per heavy atom. The molecule has 2 aromatic rings. The summed E-state index contributed by atoms with van der Waals surface area (Å²) in [6.07, 6.45) is 0.807. The van der Waals surface area contributed by atoms with Crippen LogP contribution in [0.3, 0.4) is 0 Å². The van der Waals surface area contributed by atoms with E-state index in [2.05, 4.69) is 4.90 Å². The number of anilines is 1. The maximum Gasteiger partial charge on any atom is 0.115 e. The second-order valence-electron chi connectivity index (χ2n) is 4.85. The van der Waals surface area contributed by atoms with E-state index in [-0.39, 0.29) is 11.8 Å². The molecular weight excluding hydrogens is 272 g/mol. The molecule has 0 fully saturated rings. The Hall–Kier alpha value is -1.71. The summed E-state index contributed by atoms with van der Waals surface area (Å²) in [7, 11) is 2.01. The first-order chi connectivity index (χ1) is 9.58. The second kappa shape index (κ2) is 6.64. The SMILES string of the molecule is CN(CCC(N)c1ccccc1Cl)c1ccc(O)cc1. The highest BCUT2D eigenvalue weighted by Gasteiger charge is 2.11. The van der Waals surface area contributed by atoms with E-state index in [9.17, 15) is 5.11 Å². The van der Waals surface area contributed by atoms with E-state index < -0.39 is 0 Å². The molecule has 106 valence electrons. The van der Waals surface area contributed by atoms with Crippen molar-refractivity contribution in [1.82, 2.24) is 0 Å². The molecule has 0 aliphatic rings. The van der Waals surface area contributed by atoms with Crippen LogP contribution in [0.25, 0.3) is 0 Å². The van der Waals surface area contributed by atoms with Gasteiger partial charge in [0.25, 0.3) is 0 Å². The zero-order valence-electron chi connectivity index (χ0n) is 11.5. The number of halogens is 1. The Morgan fingerprint density at radius 3 is 2.45 bits per heavy atom. The summed E-state index contributed by atoms with van der Waals surface area (Å²) in [6.45, 7) is 0.817. The van der Waals surface area contributed by atoms with Crippen LogP contribution in [0.4, 0.5) is 5.69 Å². The first-order valence-corrected chi connectivity index (χ1v) is 6.96. The number of rotatable bonds is 5. The Balaban J connectivity index is 1.95. The van der Waals surface area contributed by atoms with Gasteiger partial charge in [0, 0.05) is 30.3 Å². The predicted molar refractivity (Wildman–Crippen MR) is 84.4 cm³/mol. The van der Waals surface area contributed by atoms with Crippen molar-refractivity contribution in [1.29, 1.82) is 0 Å². The van der Waals surface area contributed by atoms with Gasteiger partial charge in [0.1, 0.15) is 5.75 Å². The summed E-state index contributed by atoms with van der Waals surface area (Å²) in [4.78, 5) is 2.11. The highest BCUT2D eigenvalue weighted by atomic mass is 35.5. The van der Waals surface area contributed by atoms with Gasteiger partial charge in [-0.15, -0.1) is 0 Å². The van der Waals surface area contributed by atoms with E-state index in [4.69, 9.17) is 17.3 Å². The monoisotopic (exact) mass is 290 g/mol. The minimum Gasteiger partial charge on any atom is -0.508 e. The molecule has 0 aliphatic heterocycles. The van der Waals surface area contributed by atoms with Gasteiger partial charge >= 0.3 is 0 Å². The van der Waals surface area contributed by atoms with Gasteiger partial charge in [0.15, 0.2) is 0 Å². The topological polar surface area (TPSA) is 49.5 Å². The lowest BCUT2D eigenvalue weighted by atomic mass is 10.0. The average molecular weight is 291 g/mol. The highest BCUT2D eigenvalue weighted by molar-refractivity contribution is 6.31. The van der Waals surface area contributed by atoms with Crippen LogP contribution in [0.15, 0.2) is 48.5 Å². The molecule has 1 unspecified atom stereocenters. The van der Waals surface area contributed by atoms with Crippen molar-refractivity contribution in [3.63, 3.8) is 0 Å². The van der Waals surface area contributed by atoms with Gasteiger partial charge in [0.05, 0.1) is 0 Å². The average Bonchev–Trinajstić information content (AvgIpc) is 2.45. The summed E-state index contributed by atoms with van der Waals surface area (Å²) in [6, 6.07) is 14.7. The van der Waals surface area contributed by atoms with Crippen LogP contribution in [-0.4, -0.2) is 18.7 Å². The lowest BCUT2D eigenvalue weighted by molar-refractivity contribution is 0.475. The van der Waals surface area contributed by atoms with Crippen LogP contribution in [0.5, 0.6) is 5.75 Å². The minimum atomic E-state index is -0.0803. The fourth-order valence-electron chi connectivity index (χ4n) is 2.10. The van der Waals surface area contributed by atoms with E-state index in [0.717, 1.165) is 24.2 Å². The van der Waals surface area contributed by atoms with Crippen molar-refractivity contribution in [2.45, 2.75) is 12.5 Å². The van der Waals surface area contributed by atoms with E-state index in [1.165, 1.54) is 0 Å². The Bertz CT molecular complexity index is 557. The second-order valence-corrected chi connectivity index (χ2v) is 5.26. The number of phenolic OH excluding ortho intramolecular Hbond substituents is 1. The zero-order chi connectivity index (χ0) is 14.5. The van der Waals surface area contributed by atoms with Crippen molar-refractivity contribution in [3.05, 3.63) is 59.1 Å². The van der Waals surface area contributed by atoms with Gasteiger partial charge in [-0.3, -0.25) is 0 Å². The van der Waals surface area contributed by atoms with Crippen LogP contribution in [0.2, 0.25) is 5.02 Å². The molecule has 2 aromatic carbocycles. The molecule has 0 heterocycles. The van der Waals surface area contributed by atoms with Crippen LogP contribution < -0.4 is 10.6 Å². The fraction of sp³-hybridized carbons (Fsp3) is 0.250.